The van der Waals surface area contributed by atoms with Gasteiger partial charge in [0.05, 0.1) is 6.26 Å². The summed E-state index contributed by atoms with van der Waals surface area (Å²) in [5.41, 5.74) is 0.451. The number of rotatable bonds is 5. The van der Waals surface area contributed by atoms with E-state index in [0.717, 1.165) is 37.8 Å². The molecule has 1 saturated carbocycles. The summed E-state index contributed by atoms with van der Waals surface area (Å²) in [6.07, 6.45) is 7.70. The fraction of sp³-hybridized carbons (Fsp3) is 0.706. The summed E-state index contributed by atoms with van der Waals surface area (Å²) in [6.45, 7) is 7.74. The summed E-state index contributed by atoms with van der Waals surface area (Å²) >= 11 is 0. The third kappa shape index (κ3) is 3.80. The molecule has 1 saturated heterocycles. The van der Waals surface area contributed by atoms with Crippen LogP contribution in [-0.4, -0.2) is 36.5 Å². The second kappa shape index (κ2) is 6.12. The van der Waals surface area contributed by atoms with Gasteiger partial charge in [-0.2, -0.15) is 0 Å². The molecule has 0 radical (unpaired) electrons. The van der Waals surface area contributed by atoms with Gasteiger partial charge >= 0.3 is 0 Å². The topological polar surface area (TPSA) is 40.8 Å². The lowest BCUT2D eigenvalue weighted by Gasteiger charge is -2.25. The van der Waals surface area contributed by atoms with Crippen LogP contribution in [0.4, 0.5) is 0 Å². The Labute approximate surface area is 127 Å². The van der Waals surface area contributed by atoms with E-state index in [2.05, 4.69) is 24.1 Å². The quantitative estimate of drug-likeness (QED) is 0.669. The van der Waals surface area contributed by atoms with Crippen molar-refractivity contribution in [3.05, 3.63) is 24.2 Å². The zero-order valence-electron chi connectivity index (χ0n) is 13.3. The maximum absolute atomic E-state index is 5.38. The van der Waals surface area contributed by atoms with Crippen molar-refractivity contribution in [3.63, 3.8) is 0 Å². The second-order valence-corrected chi connectivity index (χ2v) is 6.79. The molecule has 1 unspecified atom stereocenters. The van der Waals surface area contributed by atoms with Gasteiger partial charge in [-0.15, -0.1) is 0 Å². The van der Waals surface area contributed by atoms with E-state index in [0.29, 0.717) is 11.5 Å². The van der Waals surface area contributed by atoms with E-state index in [4.69, 9.17) is 9.41 Å². The Morgan fingerprint density at radius 1 is 1.52 bits per heavy atom. The lowest BCUT2D eigenvalue weighted by molar-refractivity contribution is 0.321. The molecule has 4 heteroatoms. The molecule has 0 aromatic carbocycles. The minimum Gasteiger partial charge on any atom is -0.469 e. The number of likely N-dealkylation sites (tertiary alicyclic amines) is 1. The van der Waals surface area contributed by atoms with Gasteiger partial charge in [-0.25, -0.2) is 0 Å². The maximum Gasteiger partial charge on any atom is 0.194 e. The Hall–Kier alpha value is -1.45. The molecule has 1 aromatic rings. The van der Waals surface area contributed by atoms with Crippen LogP contribution in [0.1, 0.15) is 45.3 Å². The summed E-state index contributed by atoms with van der Waals surface area (Å²) in [4.78, 5) is 7.28. The van der Waals surface area contributed by atoms with Gasteiger partial charge in [0.15, 0.2) is 5.96 Å². The van der Waals surface area contributed by atoms with Crippen molar-refractivity contribution in [1.29, 1.82) is 0 Å². The molecule has 1 aliphatic heterocycles. The fourth-order valence-corrected chi connectivity index (χ4v) is 2.87. The van der Waals surface area contributed by atoms with E-state index in [1.165, 1.54) is 25.7 Å². The molecule has 116 valence electrons. The summed E-state index contributed by atoms with van der Waals surface area (Å²) < 4.78 is 5.38. The number of guanidine groups is 1. The molecule has 2 fully saturated rings. The summed E-state index contributed by atoms with van der Waals surface area (Å²) in [5.74, 6) is 2.13. The van der Waals surface area contributed by atoms with Gasteiger partial charge in [0.1, 0.15) is 5.76 Å². The number of furan rings is 1. The number of hydrogen-bond donors (Lipinski definition) is 1. The van der Waals surface area contributed by atoms with Gasteiger partial charge in [0.25, 0.3) is 0 Å². The van der Waals surface area contributed by atoms with E-state index < -0.39 is 0 Å². The zero-order chi connectivity index (χ0) is 14.7. The van der Waals surface area contributed by atoms with Crippen molar-refractivity contribution in [1.82, 2.24) is 10.2 Å². The van der Waals surface area contributed by atoms with Crippen LogP contribution in [0.5, 0.6) is 0 Å². The highest BCUT2D eigenvalue weighted by Gasteiger charge is 2.35. The first-order valence-corrected chi connectivity index (χ1v) is 8.27. The minimum absolute atomic E-state index is 0.451. The van der Waals surface area contributed by atoms with Crippen LogP contribution in [0.3, 0.4) is 0 Å². The van der Waals surface area contributed by atoms with Crippen molar-refractivity contribution >= 4 is 5.96 Å². The van der Waals surface area contributed by atoms with Crippen LogP contribution in [0, 0.1) is 5.41 Å². The van der Waals surface area contributed by atoms with Gasteiger partial charge in [0.2, 0.25) is 0 Å². The van der Waals surface area contributed by atoms with Crippen molar-refractivity contribution in [3.8, 4) is 0 Å². The molecule has 4 nitrogen and oxygen atoms in total. The smallest absolute Gasteiger partial charge is 0.194 e. The van der Waals surface area contributed by atoms with Gasteiger partial charge in [0, 0.05) is 32.1 Å². The highest BCUT2D eigenvalue weighted by Crippen LogP contribution is 2.33. The maximum atomic E-state index is 5.38. The first-order valence-electron chi connectivity index (χ1n) is 8.27. The van der Waals surface area contributed by atoms with Crippen LogP contribution in [0.25, 0.3) is 0 Å². The SMILES string of the molecule is CCC1(C)CCN(C(=NCCc2ccco2)NC2CC2)C1. The highest BCUT2D eigenvalue weighted by atomic mass is 16.3. The lowest BCUT2D eigenvalue weighted by Crippen LogP contribution is -2.42. The van der Waals surface area contributed by atoms with Gasteiger partial charge in [-0.1, -0.05) is 13.8 Å². The fourth-order valence-electron chi connectivity index (χ4n) is 2.87. The standard InChI is InChI=1S/C17H27N3O/c1-3-17(2)9-11-20(13-17)16(19-14-6-7-14)18-10-8-15-5-4-12-21-15/h4-5,12,14H,3,6-11,13H2,1-2H3,(H,18,19). The average molecular weight is 289 g/mol. The Kier molecular flexibility index (Phi) is 4.22. The van der Waals surface area contributed by atoms with E-state index >= 15 is 0 Å². The first kappa shape index (κ1) is 14.5. The van der Waals surface area contributed by atoms with E-state index in [1.54, 1.807) is 6.26 Å². The Bertz CT molecular complexity index is 478. The monoisotopic (exact) mass is 289 g/mol. The van der Waals surface area contributed by atoms with E-state index in [9.17, 15) is 0 Å². The third-order valence-electron chi connectivity index (χ3n) is 4.82. The van der Waals surface area contributed by atoms with E-state index in [-0.39, 0.29) is 0 Å². The van der Waals surface area contributed by atoms with Crippen molar-refractivity contribution in [2.24, 2.45) is 10.4 Å². The summed E-state index contributed by atoms with van der Waals surface area (Å²) in [6, 6.07) is 4.61. The molecular weight excluding hydrogens is 262 g/mol. The molecule has 2 aliphatic rings. The Balaban J connectivity index is 1.60. The number of aliphatic imine (C=N–C) groups is 1. The largest absolute Gasteiger partial charge is 0.469 e. The predicted octanol–water partition coefficient (Wildman–Crippen LogP) is 3.05. The lowest BCUT2D eigenvalue weighted by atomic mass is 9.87. The molecule has 1 N–H and O–H groups in total. The molecule has 0 spiro atoms. The minimum atomic E-state index is 0.451. The molecule has 1 aliphatic carbocycles. The van der Waals surface area contributed by atoms with Crippen LogP contribution in [0.2, 0.25) is 0 Å². The van der Waals surface area contributed by atoms with Crippen molar-refractivity contribution < 1.29 is 4.42 Å². The number of nitrogens with zero attached hydrogens (tertiary/aromatic N) is 2. The summed E-state index contributed by atoms with van der Waals surface area (Å²) in [7, 11) is 0. The second-order valence-electron chi connectivity index (χ2n) is 6.79. The molecule has 2 heterocycles. The summed E-state index contributed by atoms with van der Waals surface area (Å²) in [5, 5.41) is 3.62. The van der Waals surface area contributed by atoms with E-state index in [1.807, 2.05) is 12.1 Å². The van der Waals surface area contributed by atoms with Gasteiger partial charge in [-0.05, 0) is 43.2 Å². The molecule has 21 heavy (non-hydrogen) atoms. The Morgan fingerprint density at radius 3 is 3.00 bits per heavy atom. The number of hydrogen-bond acceptors (Lipinski definition) is 2. The third-order valence-corrected chi connectivity index (χ3v) is 4.82. The molecular formula is C17H27N3O. The van der Waals surface area contributed by atoms with Crippen molar-refractivity contribution in [2.75, 3.05) is 19.6 Å². The zero-order valence-corrected chi connectivity index (χ0v) is 13.3. The molecule has 3 rings (SSSR count). The molecule has 0 bridgehead atoms. The van der Waals surface area contributed by atoms with Crippen LogP contribution >= 0.6 is 0 Å². The van der Waals surface area contributed by atoms with Crippen LogP contribution < -0.4 is 5.32 Å². The molecule has 0 amide bonds. The predicted molar refractivity (Wildman–Crippen MR) is 85.5 cm³/mol. The number of nitrogens with one attached hydrogen (secondary N) is 1. The van der Waals surface area contributed by atoms with Gasteiger partial charge in [-0.3, -0.25) is 4.99 Å². The van der Waals surface area contributed by atoms with Crippen LogP contribution in [0.15, 0.2) is 27.8 Å². The van der Waals surface area contributed by atoms with Crippen molar-refractivity contribution in [2.45, 2.75) is 52.0 Å². The molecule has 1 atom stereocenters. The average Bonchev–Trinajstić information content (AvgIpc) is 2.99. The van der Waals surface area contributed by atoms with Crippen LogP contribution in [-0.2, 0) is 6.42 Å². The normalized spacial score (nSPS) is 26.4. The Morgan fingerprint density at radius 2 is 2.38 bits per heavy atom. The molecule has 1 aromatic heterocycles. The highest BCUT2D eigenvalue weighted by molar-refractivity contribution is 5.81. The first-order chi connectivity index (χ1) is 10.2. The van der Waals surface area contributed by atoms with Gasteiger partial charge < -0.3 is 14.6 Å².